The first-order valence-corrected chi connectivity index (χ1v) is 8.06. The molecule has 1 aromatic carbocycles. The number of hydrogen-bond acceptors (Lipinski definition) is 5. The van der Waals surface area contributed by atoms with E-state index in [-0.39, 0.29) is 11.6 Å². The first-order valence-electron chi connectivity index (χ1n) is 8.06. The number of hydrogen-bond donors (Lipinski definition) is 2. The fraction of sp³-hybridized carbons (Fsp3) is 0.294. The van der Waals surface area contributed by atoms with Crippen LogP contribution in [-0.2, 0) is 13.1 Å². The second kappa shape index (κ2) is 5.82. The van der Waals surface area contributed by atoms with Crippen molar-refractivity contribution < 1.29 is 9.90 Å². The number of carbonyl (C=O) groups is 1. The zero-order valence-electron chi connectivity index (χ0n) is 13.6. The van der Waals surface area contributed by atoms with Crippen LogP contribution in [0.5, 0.6) is 0 Å². The Bertz CT molecular complexity index is 1020. The molecule has 0 fully saturated rings. The van der Waals surface area contributed by atoms with Crippen LogP contribution in [0.3, 0.4) is 0 Å². The number of aliphatic hydroxyl groups is 1. The molecule has 8 heteroatoms. The number of nitrogens with zero attached hydrogens (tertiary/aromatic N) is 4. The summed E-state index contributed by atoms with van der Waals surface area (Å²) in [5, 5.41) is 14.6. The van der Waals surface area contributed by atoms with Gasteiger partial charge >= 0.3 is 5.69 Å². The quantitative estimate of drug-likeness (QED) is 0.720. The van der Waals surface area contributed by atoms with Crippen molar-refractivity contribution in [2.24, 2.45) is 0 Å². The lowest BCUT2D eigenvalue weighted by molar-refractivity contribution is 0.0701. The summed E-state index contributed by atoms with van der Waals surface area (Å²) in [5.41, 5.74) is 1.64. The molecule has 0 radical (unpaired) electrons. The van der Waals surface area contributed by atoms with Crippen LogP contribution in [-0.4, -0.2) is 42.2 Å². The summed E-state index contributed by atoms with van der Waals surface area (Å²) < 4.78 is 1.80. The Morgan fingerprint density at radius 2 is 2.12 bits per heavy atom. The van der Waals surface area contributed by atoms with Gasteiger partial charge in [-0.3, -0.25) is 9.48 Å². The maximum Gasteiger partial charge on any atom is 0.346 e. The van der Waals surface area contributed by atoms with Crippen molar-refractivity contribution in [3.63, 3.8) is 0 Å². The average Bonchev–Trinajstić information content (AvgIpc) is 3.04. The summed E-state index contributed by atoms with van der Waals surface area (Å²) in [6.07, 6.45) is -0.652. The molecule has 2 aromatic heterocycles. The standard InChI is InChI=1S/C17H17N5O3/c1-10(23)14-8-11-9-21(6-7-22(11)20-14)16(24)15-12-4-2-3-5-13(12)18-17(25)19-15/h2-5,8,10,23H,6-7,9H2,1H3,(H,18,19,25)/t10-/m0/s1. The monoisotopic (exact) mass is 339 g/mol. The number of carbonyl (C=O) groups excluding carboxylic acids is 1. The highest BCUT2D eigenvalue weighted by Gasteiger charge is 2.26. The van der Waals surface area contributed by atoms with Crippen molar-refractivity contribution in [3.8, 4) is 0 Å². The molecular weight excluding hydrogens is 322 g/mol. The molecule has 1 aliphatic heterocycles. The normalized spacial score (nSPS) is 15.2. The molecule has 0 spiro atoms. The van der Waals surface area contributed by atoms with E-state index in [0.29, 0.717) is 36.2 Å². The summed E-state index contributed by atoms with van der Waals surface area (Å²) in [6, 6.07) is 8.91. The number of rotatable bonds is 2. The molecule has 8 nitrogen and oxygen atoms in total. The third-order valence-corrected chi connectivity index (χ3v) is 4.37. The lowest BCUT2D eigenvalue weighted by Crippen LogP contribution is -2.39. The Morgan fingerprint density at radius 1 is 1.32 bits per heavy atom. The van der Waals surface area contributed by atoms with Gasteiger partial charge in [0.05, 0.1) is 36.1 Å². The van der Waals surface area contributed by atoms with E-state index in [1.807, 2.05) is 0 Å². The Balaban J connectivity index is 1.69. The third-order valence-electron chi connectivity index (χ3n) is 4.37. The molecule has 1 amide bonds. The van der Waals surface area contributed by atoms with Gasteiger partial charge in [-0.05, 0) is 19.1 Å². The highest BCUT2D eigenvalue weighted by molar-refractivity contribution is 6.04. The van der Waals surface area contributed by atoms with Crippen LogP contribution >= 0.6 is 0 Å². The van der Waals surface area contributed by atoms with Gasteiger partial charge in [0.2, 0.25) is 0 Å². The number of para-hydroxylation sites is 1. The minimum absolute atomic E-state index is 0.156. The Morgan fingerprint density at radius 3 is 2.92 bits per heavy atom. The van der Waals surface area contributed by atoms with Crippen LogP contribution in [0.1, 0.15) is 34.9 Å². The van der Waals surface area contributed by atoms with E-state index in [9.17, 15) is 14.7 Å². The first kappa shape index (κ1) is 15.5. The van der Waals surface area contributed by atoms with Crippen molar-refractivity contribution in [1.29, 1.82) is 0 Å². The molecule has 2 N–H and O–H groups in total. The minimum atomic E-state index is -0.652. The number of aromatic nitrogens is 4. The molecule has 3 heterocycles. The molecule has 4 rings (SSSR count). The van der Waals surface area contributed by atoms with Gasteiger partial charge in [0.15, 0.2) is 0 Å². The second-order valence-electron chi connectivity index (χ2n) is 6.12. The lowest BCUT2D eigenvalue weighted by atomic mass is 10.1. The van der Waals surface area contributed by atoms with Gasteiger partial charge in [0, 0.05) is 11.9 Å². The number of nitrogens with one attached hydrogen (secondary N) is 1. The van der Waals surface area contributed by atoms with E-state index in [1.54, 1.807) is 46.8 Å². The van der Waals surface area contributed by atoms with Gasteiger partial charge in [-0.1, -0.05) is 18.2 Å². The number of aromatic amines is 1. The highest BCUT2D eigenvalue weighted by atomic mass is 16.3. The van der Waals surface area contributed by atoms with Crippen molar-refractivity contribution in [2.75, 3.05) is 6.54 Å². The number of H-pyrrole nitrogens is 1. The van der Waals surface area contributed by atoms with Crippen LogP contribution in [0.15, 0.2) is 35.1 Å². The summed E-state index contributed by atoms with van der Waals surface area (Å²) in [5.74, 6) is -0.284. The summed E-state index contributed by atoms with van der Waals surface area (Å²) in [7, 11) is 0. The fourth-order valence-corrected chi connectivity index (χ4v) is 3.08. The molecule has 0 bridgehead atoms. The minimum Gasteiger partial charge on any atom is -0.387 e. The molecule has 0 aliphatic carbocycles. The van der Waals surface area contributed by atoms with Crippen LogP contribution in [0.2, 0.25) is 0 Å². The van der Waals surface area contributed by atoms with Gasteiger partial charge in [-0.2, -0.15) is 10.1 Å². The fourth-order valence-electron chi connectivity index (χ4n) is 3.08. The van der Waals surface area contributed by atoms with Crippen LogP contribution < -0.4 is 5.69 Å². The highest BCUT2D eigenvalue weighted by Crippen LogP contribution is 2.21. The van der Waals surface area contributed by atoms with E-state index >= 15 is 0 Å². The molecule has 3 aromatic rings. The SMILES string of the molecule is C[C@H](O)c1cc2n(n1)CCN(C(=O)c1nc(=O)[nH]c3ccccc13)C2. The number of fused-ring (bicyclic) bond motifs is 2. The zero-order valence-corrected chi connectivity index (χ0v) is 13.6. The van der Waals surface area contributed by atoms with Gasteiger partial charge in [-0.25, -0.2) is 4.79 Å². The summed E-state index contributed by atoms with van der Waals surface area (Å²) in [4.78, 5) is 32.9. The van der Waals surface area contributed by atoms with E-state index in [1.165, 1.54) is 0 Å². The van der Waals surface area contributed by atoms with Gasteiger partial charge in [-0.15, -0.1) is 0 Å². The summed E-state index contributed by atoms with van der Waals surface area (Å²) >= 11 is 0. The van der Waals surface area contributed by atoms with Crippen molar-refractivity contribution in [3.05, 3.63) is 57.9 Å². The first-order chi connectivity index (χ1) is 12.0. The van der Waals surface area contributed by atoms with E-state index in [0.717, 1.165) is 5.69 Å². The van der Waals surface area contributed by atoms with E-state index < -0.39 is 11.8 Å². The molecule has 1 aliphatic rings. The molecule has 25 heavy (non-hydrogen) atoms. The van der Waals surface area contributed by atoms with Crippen LogP contribution in [0.25, 0.3) is 10.9 Å². The molecule has 0 saturated heterocycles. The molecule has 1 atom stereocenters. The Labute approximate surface area is 142 Å². The molecular formula is C17H17N5O3. The van der Waals surface area contributed by atoms with Crippen LogP contribution in [0, 0.1) is 0 Å². The topological polar surface area (TPSA) is 104 Å². The van der Waals surface area contributed by atoms with Gasteiger partial charge < -0.3 is 15.0 Å². The van der Waals surface area contributed by atoms with Gasteiger partial charge in [0.1, 0.15) is 5.69 Å². The average molecular weight is 339 g/mol. The molecule has 0 unspecified atom stereocenters. The summed E-state index contributed by atoms with van der Waals surface area (Å²) in [6.45, 7) is 3.02. The smallest absolute Gasteiger partial charge is 0.346 e. The number of benzene rings is 1. The lowest BCUT2D eigenvalue weighted by Gasteiger charge is -2.27. The van der Waals surface area contributed by atoms with E-state index in [4.69, 9.17) is 0 Å². The third kappa shape index (κ3) is 2.70. The Hall–Kier alpha value is -3.00. The largest absolute Gasteiger partial charge is 0.387 e. The second-order valence-corrected chi connectivity index (χ2v) is 6.12. The van der Waals surface area contributed by atoms with Crippen LogP contribution in [0.4, 0.5) is 0 Å². The number of amides is 1. The van der Waals surface area contributed by atoms with E-state index in [2.05, 4.69) is 15.1 Å². The molecule has 0 saturated carbocycles. The predicted molar refractivity (Wildman–Crippen MR) is 90.0 cm³/mol. The van der Waals surface area contributed by atoms with Crippen molar-refractivity contribution >= 4 is 16.8 Å². The maximum atomic E-state index is 12.9. The zero-order chi connectivity index (χ0) is 17.6. The molecule has 128 valence electrons. The maximum absolute atomic E-state index is 12.9. The Kier molecular flexibility index (Phi) is 3.61. The van der Waals surface area contributed by atoms with Gasteiger partial charge in [0.25, 0.3) is 5.91 Å². The van der Waals surface area contributed by atoms with Crippen molar-refractivity contribution in [2.45, 2.75) is 26.1 Å². The van der Waals surface area contributed by atoms with Crippen molar-refractivity contribution in [1.82, 2.24) is 24.6 Å². The number of aliphatic hydroxyl groups excluding tert-OH is 1. The predicted octanol–water partition coefficient (Wildman–Crippen LogP) is 0.829.